The van der Waals surface area contributed by atoms with Gasteiger partial charge in [0, 0.05) is 17.8 Å². The molecule has 1 unspecified atom stereocenters. The number of morpholine rings is 1. The topological polar surface area (TPSA) is 72.6 Å². The smallest absolute Gasteiger partial charge is 0.254 e. The number of hydrogen-bond acceptors (Lipinski definition) is 5. The highest BCUT2D eigenvalue weighted by Crippen LogP contribution is 2.28. The van der Waals surface area contributed by atoms with E-state index in [9.17, 15) is 9.18 Å². The third kappa shape index (κ3) is 3.36. The molecule has 1 aliphatic heterocycles. The van der Waals surface area contributed by atoms with Gasteiger partial charge in [-0.3, -0.25) is 4.79 Å². The molecule has 0 spiro atoms. The van der Waals surface area contributed by atoms with Crippen molar-refractivity contribution in [3.63, 3.8) is 0 Å². The number of rotatable bonds is 2. The molecule has 140 valence electrons. The van der Waals surface area contributed by atoms with E-state index in [0.29, 0.717) is 25.5 Å². The molecule has 1 fully saturated rings. The van der Waals surface area contributed by atoms with Crippen LogP contribution >= 0.6 is 23.2 Å². The van der Waals surface area contributed by atoms with Crippen LogP contribution in [0.3, 0.4) is 0 Å². The summed E-state index contributed by atoms with van der Waals surface area (Å²) in [5.41, 5.74) is 1.75. The van der Waals surface area contributed by atoms with E-state index >= 15 is 0 Å². The van der Waals surface area contributed by atoms with E-state index in [-0.39, 0.29) is 21.5 Å². The molecule has 1 aromatic carbocycles. The average Bonchev–Trinajstić information content (AvgIpc) is 3.12. The summed E-state index contributed by atoms with van der Waals surface area (Å²) in [6.45, 7) is 2.89. The summed E-state index contributed by atoms with van der Waals surface area (Å²) in [6.07, 6.45) is 1.01. The second-order valence-electron chi connectivity index (χ2n) is 6.16. The van der Waals surface area contributed by atoms with Gasteiger partial charge in [-0.05, 0) is 25.1 Å². The van der Waals surface area contributed by atoms with Crippen LogP contribution < -0.4 is 0 Å². The van der Waals surface area contributed by atoms with Gasteiger partial charge in [0.1, 0.15) is 12.4 Å². The second kappa shape index (κ2) is 7.03. The summed E-state index contributed by atoms with van der Waals surface area (Å²) in [7, 11) is 0. The van der Waals surface area contributed by atoms with E-state index in [1.165, 1.54) is 18.5 Å². The van der Waals surface area contributed by atoms with Crippen molar-refractivity contribution >= 4 is 34.9 Å². The van der Waals surface area contributed by atoms with Crippen LogP contribution in [0, 0.1) is 12.7 Å². The highest BCUT2D eigenvalue weighted by Gasteiger charge is 2.29. The van der Waals surface area contributed by atoms with Crippen molar-refractivity contribution in [1.29, 1.82) is 0 Å². The molecule has 1 amide bonds. The Balaban J connectivity index is 1.63. The first kappa shape index (κ1) is 18.1. The predicted molar refractivity (Wildman–Crippen MR) is 96.5 cm³/mol. The molecule has 7 nitrogen and oxygen atoms in total. The number of hydrogen-bond donors (Lipinski definition) is 0. The summed E-state index contributed by atoms with van der Waals surface area (Å²) < 4.78 is 21.1. The van der Waals surface area contributed by atoms with Gasteiger partial charge in [0.2, 0.25) is 0 Å². The zero-order valence-electron chi connectivity index (χ0n) is 14.2. The standard InChI is InChI=1S/C17H14Cl2FN5O2/c1-9-4-13(25-17(23-9)21-8-22-25)14-7-24(2-3-27-14)16(26)10-5-11(18)15(20)12(19)6-10/h4-6,8,14H,2-3,7H2,1H3. The second-order valence-corrected chi connectivity index (χ2v) is 6.97. The van der Waals surface area contributed by atoms with Crippen molar-refractivity contribution < 1.29 is 13.9 Å². The van der Waals surface area contributed by atoms with Gasteiger partial charge in [-0.2, -0.15) is 14.6 Å². The SMILES string of the molecule is Cc1cc(C2CN(C(=O)c3cc(Cl)c(F)c(Cl)c3)CCO2)n2ncnc2n1. The fraction of sp³-hybridized carbons (Fsp3) is 0.294. The lowest BCUT2D eigenvalue weighted by Crippen LogP contribution is -2.42. The molecule has 4 rings (SSSR count). The molecule has 27 heavy (non-hydrogen) atoms. The summed E-state index contributed by atoms with van der Waals surface area (Å²) >= 11 is 11.6. The van der Waals surface area contributed by atoms with Crippen LogP contribution in [0.5, 0.6) is 0 Å². The molecule has 1 atom stereocenters. The Morgan fingerprint density at radius 3 is 2.78 bits per heavy atom. The van der Waals surface area contributed by atoms with Gasteiger partial charge in [0.25, 0.3) is 11.7 Å². The fourth-order valence-electron chi connectivity index (χ4n) is 3.06. The van der Waals surface area contributed by atoms with Crippen LogP contribution in [0.25, 0.3) is 5.78 Å². The Morgan fingerprint density at radius 1 is 1.30 bits per heavy atom. The molecule has 0 saturated carbocycles. The number of carbonyl (C=O) groups is 1. The van der Waals surface area contributed by atoms with Crippen LogP contribution in [0.4, 0.5) is 4.39 Å². The molecule has 1 saturated heterocycles. The number of ether oxygens (including phenoxy) is 1. The molecule has 3 aromatic rings. The molecule has 0 aliphatic carbocycles. The van der Waals surface area contributed by atoms with Crippen molar-refractivity contribution in [1.82, 2.24) is 24.5 Å². The van der Waals surface area contributed by atoms with Crippen molar-refractivity contribution in [2.24, 2.45) is 0 Å². The maximum atomic E-state index is 13.6. The van der Waals surface area contributed by atoms with E-state index < -0.39 is 11.9 Å². The van der Waals surface area contributed by atoms with Crippen LogP contribution in [-0.4, -0.2) is 50.1 Å². The average molecular weight is 410 g/mol. The van der Waals surface area contributed by atoms with E-state index in [1.807, 2.05) is 13.0 Å². The third-order valence-electron chi connectivity index (χ3n) is 4.32. The van der Waals surface area contributed by atoms with Gasteiger partial charge < -0.3 is 9.64 Å². The normalized spacial score (nSPS) is 17.5. The number of carbonyl (C=O) groups excluding carboxylic acids is 1. The van der Waals surface area contributed by atoms with Gasteiger partial charge >= 0.3 is 0 Å². The lowest BCUT2D eigenvalue weighted by atomic mass is 10.1. The first-order valence-electron chi connectivity index (χ1n) is 8.16. The zero-order valence-corrected chi connectivity index (χ0v) is 15.7. The van der Waals surface area contributed by atoms with Crippen LogP contribution in [-0.2, 0) is 4.74 Å². The number of fused-ring (bicyclic) bond motifs is 1. The first-order chi connectivity index (χ1) is 12.9. The molecule has 0 N–H and O–H groups in total. The van der Waals surface area contributed by atoms with Crippen molar-refractivity contribution in [3.8, 4) is 0 Å². The Hall–Kier alpha value is -2.29. The van der Waals surface area contributed by atoms with E-state index in [4.69, 9.17) is 27.9 Å². The largest absolute Gasteiger partial charge is 0.368 e. The van der Waals surface area contributed by atoms with E-state index in [2.05, 4.69) is 15.1 Å². The third-order valence-corrected chi connectivity index (χ3v) is 4.87. The first-order valence-corrected chi connectivity index (χ1v) is 8.92. The van der Waals surface area contributed by atoms with Crippen LogP contribution in [0.1, 0.15) is 27.8 Å². The van der Waals surface area contributed by atoms with Crippen molar-refractivity contribution in [2.45, 2.75) is 13.0 Å². The zero-order chi connectivity index (χ0) is 19.1. The van der Waals surface area contributed by atoms with Gasteiger partial charge in [-0.25, -0.2) is 9.37 Å². The number of amides is 1. The maximum Gasteiger partial charge on any atom is 0.254 e. The summed E-state index contributed by atoms with van der Waals surface area (Å²) in [4.78, 5) is 22.9. The van der Waals surface area contributed by atoms with Gasteiger partial charge in [-0.15, -0.1) is 0 Å². The minimum absolute atomic E-state index is 0.190. The van der Waals surface area contributed by atoms with Crippen LogP contribution in [0.2, 0.25) is 10.0 Å². The van der Waals surface area contributed by atoms with Crippen molar-refractivity contribution in [2.75, 3.05) is 19.7 Å². The quantitative estimate of drug-likeness (QED) is 0.608. The number of aromatic nitrogens is 4. The molecule has 3 heterocycles. The maximum absolute atomic E-state index is 13.6. The Bertz CT molecular complexity index is 1020. The summed E-state index contributed by atoms with van der Waals surface area (Å²) in [5, 5.41) is 3.80. The Kier molecular flexibility index (Phi) is 4.71. The molecular weight excluding hydrogens is 396 g/mol. The molecule has 1 aliphatic rings. The van der Waals surface area contributed by atoms with Gasteiger partial charge in [0.05, 0.1) is 28.9 Å². The lowest BCUT2D eigenvalue weighted by Gasteiger charge is -2.33. The minimum atomic E-state index is -0.740. The molecule has 0 bridgehead atoms. The highest BCUT2D eigenvalue weighted by atomic mass is 35.5. The molecule has 2 aromatic heterocycles. The molecule has 0 radical (unpaired) electrons. The minimum Gasteiger partial charge on any atom is -0.368 e. The van der Waals surface area contributed by atoms with Gasteiger partial charge in [-0.1, -0.05) is 23.2 Å². The van der Waals surface area contributed by atoms with E-state index in [0.717, 1.165) is 11.4 Å². The predicted octanol–water partition coefficient (Wildman–Crippen LogP) is 3.09. The van der Waals surface area contributed by atoms with Gasteiger partial charge in [0.15, 0.2) is 5.82 Å². The summed E-state index contributed by atoms with van der Waals surface area (Å²) in [5.74, 6) is -0.572. The highest BCUT2D eigenvalue weighted by molar-refractivity contribution is 6.35. The number of nitrogens with zero attached hydrogens (tertiary/aromatic N) is 5. The summed E-state index contributed by atoms with van der Waals surface area (Å²) in [6, 6.07) is 4.41. The number of benzene rings is 1. The molecular formula is C17H14Cl2FN5O2. The number of aryl methyl sites for hydroxylation is 1. The lowest BCUT2D eigenvalue weighted by molar-refractivity contribution is -0.0257. The Labute approximate surface area is 163 Å². The van der Waals surface area contributed by atoms with E-state index in [1.54, 1.807) is 9.42 Å². The molecule has 10 heteroatoms. The monoisotopic (exact) mass is 409 g/mol. The Morgan fingerprint density at radius 2 is 2.04 bits per heavy atom. The fourth-order valence-corrected chi connectivity index (χ4v) is 3.55. The van der Waals surface area contributed by atoms with Crippen molar-refractivity contribution in [3.05, 3.63) is 57.3 Å². The number of halogens is 3. The van der Waals surface area contributed by atoms with Crippen LogP contribution in [0.15, 0.2) is 24.5 Å².